The van der Waals surface area contributed by atoms with Crippen molar-refractivity contribution in [1.82, 2.24) is 15.3 Å². The van der Waals surface area contributed by atoms with Gasteiger partial charge in [0.15, 0.2) is 5.82 Å². The summed E-state index contributed by atoms with van der Waals surface area (Å²) >= 11 is 0. The number of aliphatic imine (C=N–C) groups is 1. The molecule has 0 saturated carbocycles. The fourth-order valence-electron chi connectivity index (χ4n) is 3.54. The zero-order chi connectivity index (χ0) is 24.8. The molecule has 3 aromatic rings. The molecule has 0 spiro atoms. The molecule has 35 heavy (non-hydrogen) atoms. The Balaban J connectivity index is 1.43. The Morgan fingerprint density at radius 2 is 2.06 bits per heavy atom. The fourth-order valence-corrected chi connectivity index (χ4v) is 3.54. The van der Waals surface area contributed by atoms with Crippen molar-refractivity contribution in [2.75, 3.05) is 12.4 Å². The number of allylic oxidation sites excluding steroid dienone is 1. The average Bonchev–Trinajstić information content (AvgIpc) is 3.31. The van der Waals surface area contributed by atoms with E-state index in [0.717, 1.165) is 12.1 Å². The van der Waals surface area contributed by atoms with Gasteiger partial charge in [-0.1, -0.05) is 13.0 Å². The number of nitrogens with one attached hydrogen (secondary N) is 2. The average molecular weight is 476 g/mol. The highest BCUT2D eigenvalue weighted by Crippen LogP contribution is 2.28. The van der Waals surface area contributed by atoms with Crippen molar-refractivity contribution in [2.45, 2.75) is 32.9 Å². The molecule has 1 unspecified atom stereocenters. The number of hydrogen-bond acceptors (Lipinski definition) is 7. The highest BCUT2D eigenvalue weighted by molar-refractivity contribution is 5.96. The largest absolute Gasteiger partial charge is 0.479 e. The minimum atomic E-state index is -0.585. The van der Waals surface area contributed by atoms with Crippen molar-refractivity contribution in [1.29, 1.82) is 0 Å². The second kappa shape index (κ2) is 10.8. The van der Waals surface area contributed by atoms with Crippen molar-refractivity contribution in [3.63, 3.8) is 0 Å². The number of carbonyl (C=O) groups excluding carboxylic acids is 1. The lowest BCUT2D eigenvalue weighted by atomic mass is 10.1. The van der Waals surface area contributed by atoms with Crippen LogP contribution in [-0.2, 0) is 6.54 Å². The van der Waals surface area contributed by atoms with Crippen LogP contribution in [0.4, 0.5) is 10.2 Å². The Kier molecular flexibility index (Phi) is 7.35. The SMILES string of the molecule is CCC1C=C(Nc2cc(Oc3cccc(C(=O)NCc4cnc(OC)c(F)c4)c3C)ccn2)C=N1. The van der Waals surface area contributed by atoms with Crippen LogP contribution < -0.4 is 20.1 Å². The first-order valence-corrected chi connectivity index (χ1v) is 11.2. The number of nitrogens with zero attached hydrogens (tertiary/aromatic N) is 3. The topological polar surface area (TPSA) is 97.7 Å². The maximum absolute atomic E-state index is 13.9. The lowest BCUT2D eigenvalue weighted by Crippen LogP contribution is -2.23. The van der Waals surface area contributed by atoms with E-state index in [0.29, 0.717) is 34.0 Å². The molecule has 2 N–H and O–H groups in total. The normalized spacial score (nSPS) is 14.4. The first kappa shape index (κ1) is 23.9. The summed E-state index contributed by atoms with van der Waals surface area (Å²) in [5.41, 5.74) is 2.54. The first-order valence-electron chi connectivity index (χ1n) is 11.2. The van der Waals surface area contributed by atoms with Gasteiger partial charge in [0, 0.05) is 42.3 Å². The molecule has 0 saturated heterocycles. The number of ether oxygens (including phenoxy) is 2. The van der Waals surface area contributed by atoms with Gasteiger partial charge in [-0.25, -0.2) is 14.4 Å². The second-order valence-electron chi connectivity index (χ2n) is 7.93. The molecule has 0 bridgehead atoms. The number of hydrogen-bond donors (Lipinski definition) is 2. The predicted octanol–water partition coefficient (Wildman–Crippen LogP) is 4.81. The van der Waals surface area contributed by atoms with E-state index >= 15 is 0 Å². The Morgan fingerprint density at radius 3 is 2.80 bits per heavy atom. The van der Waals surface area contributed by atoms with E-state index in [4.69, 9.17) is 9.47 Å². The zero-order valence-corrected chi connectivity index (χ0v) is 19.7. The van der Waals surface area contributed by atoms with E-state index in [-0.39, 0.29) is 24.4 Å². The van der Waals surface area contributed by atoms with Crippen LogP contribution in [0.25, 0.3) is 0 Å². The van der Waals surface area contributed by atoms with Crippen LogP contribution in [0.15, 0.2) is 65.6 Å². The molecule has 3 heterocycles. The van der Waals surface area contributed by atoms with Crippen molar-refractivity contribution in [2.24, 2.45) is 4.99 Å². The predicted molar refractivity (Wildman–Crippen MR) is 132 cm³/mol. The van der Waals surface area contributed by atoms with Crippen LogP contribution in [0.3, 0.4) is 0 Å². The summed E-state index contributed by atoms with van der Waals surface area (Å²) in [6, 6.07) is 10.2. The van der Waals surface area contributed by atoms with Gasteiger partial charge in [0.2, 0.25) is 5.88 Å². The number of benzene rings is 1. The van der Waals surface area contributed by atoms with E-state index in [9.17, 15) is 9.18 Å². The lowest BCUT2D eigenvalue weighted by molar-refractivity contribution is 0.0950. The molecule has 8 nitrogen and oxygen atoms in total. The third-order valence-corrected chi connectivity index (χ3v) is 5.47. The van der Waals surface area contributed by atoms with Gasteiger partial charge >= 0.3 is 0 Å². The Labute approximate surface area is 202 Å². The smallest absolute Gasteiger partial charge is 0.251 e. The summed E-state index contributed by atoms with van der Waals surface area (Å²) in [4.78, 5) is 25.4. The number of rotatable bonds is 9. The van der Waals surface area contributed by atoms with Gasteiger partial charge in [-0.3, -0.25) is 9.79 Å². The molecule has 4 rings (SSSR count). The summed E-state index contributed by atoms with van der Waals surface area (Å²) in [6.45, 7) is 4.01. The zero-order valence-electron chi connectivity index (χ0n) is 19.7. The Bertz CT molecular complexity index is 1290. The van der Waals surface area contributed by atoms with Gasteiger partial charge in [-0.05, 0) is 49.2 Å². The van der Waals surface area contributed by atoms with Crippen LogP contribution in [0.1, 0.15) is 34.8 Å². The Morgan fingerprint density at radius 1 is 1.20 bits per heavy atom. The summed E-state index contributed by atoms with van der Waals surface area (Å²) in [5, 5.41) is 6.02. The van der Waals surface area contributed by atoms with Crippen LogP contribution >= 0.6 is 0 Å². The molecule has 180 valence electrons. The lowest BCUT2D eigenvalue weighted by Gasteiger charge is -2.13. The maximum atomic E-state index is 13.9. The molecule has 2 aromatic heterocycles. The van der Waals surface area contributed by atoms with Crippen molar-refractivity contribution >= 4 is 17.9 Å². The van der Waals surface area contributed by atoms with Gasteiger partial charge in [0.1, 0.15) is 17.3 Å². The van der Waals surface area contributed by atoms with E-state index in [1.54, 1.807) is 42.7 Å². The minimum Gasteiger partial charge on any atom is -0.479 e. The standard InChI is InChI=1S/C26H26FN5O3/c1-4-18-11-19(15-29-18)32-24-12-20(8-9-28-24)35-23-7-5-6-21(16(23)2)25(33)30-13-17-10-22(27)26(34-3)31-14-17/h5-12,14-15,18H,4,13H2,1-3H3,(H,28,32)(H,30,33). The van der Waals surface area contributed by atoms with Gasteiger partial charge in [-0.2, -0.15) is 0 Å². The number of methoxy groups -OCH3 is 1. The monoisotopic (exact) mass is 475 g/mol. The molecule has 1 aliphatic heterocycles. The molecule has 0 aliphatic carbocycles. The van der Waals surface area contributed by atoms with Crippen LogP contribution in [0, 0.1) is 12.7 Å². The van der Waals surface area contributed by atoms with E-state index < -0.39 is 5.82 Å². The molecule has 0 fully saturated rings. The molecular formula is C26H26FN5O3. The fraction of sp³-hybridized carbons (Fsp3) is 0.231. The minimum absolute atomic E-state index is 0.0894. The number of pyridine rings is 2. The van der Waals surface area contributed by atoms with Gasteiger partial charge in [0.05, 0.1) is 18.8 Å². The summed E-state index contributed by atoms with van der Waals surface area (Å²) in [6.07, 6.45) is 7.90. The maximum Gasteiger partial charge on any atom is 0.251 e. The highest BCUT2D eigenvalue weighted by Gasteiger charge is 2.15. The number of halogens is 1. The summed E-state index contributed by atoms with van der Waals surface area (Å²) in [7, 11) is 1.34. The third kappa shape index (κ3) is 5.81. The molecule has 0 radical (unpaired) electrons. The number of carbonyl (C=O) groups is 1. The third-order valence-electron chi connectivity index (χ3n) is 5.47. The highest BCUT2D eigenvalue weighted by atomic mass is 19.1. The summed E-state index contributed by atoms with van der Waals surface area (Å²) in [5.74, 6) is 0.764. The second-order valence-corrected chi connectivity index (χ2v) is 7.93. The molecule has 1 atom stereocenters. The van der Waals surface area contributed by atoms with Crippen LogP contribution in [0.5, 0.6) is 17.4 Å². The van der Waals surface area contributed by atoms with Gasteiger partial charge in [-0.15, -0.1) is 0 Å². The van der Waals surface area contributed by atoms with Crippen molar-refractivity contribution in [3.05, 3.63) is 83.1 Å². The number of amides is 1. The van der Waals surface area contributed by atoms with E-state index in [1.807, 2.05) is 6.92 Å². The Hall–Kier alpha value is -4.27. The van der Waals surface area contributed by atoms with E-state index in [1.165, 1.54) is 19.4 Å². The number of anilines is 1. The molecule has 1 aliphatic rings. The van der Waals surface area contributed by atoms with Crippen molar-refractivity contribution < 1.29 is 18.7 Å². The molecular weight excluding hydrogens is 449 g/mol. The number of aromatic nitrogens is 2. The first-order chi connectivity index (χ1) is 17.0. The van der Waals surface area contributed by atoms with Crippen LogP contribution in [-0.4, -0.2) is 35.2 Å². The van der Waals surface area contributed by atoms with Gasteiger partial charge < -0.3 is 20.1 Å². The van der Waals surface area contributed by atoms with Crippen molar-refractivity contribution in [3.8, 4) is 17.4 Å². The molecule has 1 aromatic carbocycles. The molecule has 9 heteroatoms. The van der Waals surface area contributed by atoms with Crippen LogP contribution in [0.2, 0.25) is 0 Å². The quantitative estimate of drug-likeness (QED) is 0.461. The molecule has 1 amide bonds. The van der Waals surface area contributed by atoms with E-state index in [2.05, 4.69) is 38.6 Å². The summed E-state index contributed by atoms with van der Waals surface area (Å²) < 4.78 is 24.7. The van der Waals surface area contributed by atoms with Gasteiger partial charge in [0.25, 0.3) is 5.91 Å².